The van der Waals surface area contributed by atoms with Crippen LogP contribution >= 0.6 is 0 Å². The van der Waals surface area contributed by atoms with Crippen molar-refractivity contribution in [2.24, 2.45) is 5.92 Å². The van der Waals surface area contributed by atoms with Gasteiger partial charge >= 0.3 is 5.97 Å². The van der Waals surface area contributed by atoms with Gasteiger partial charge in [0.25, 0.3) is 0 Å². The number of hydrogen-bond acceptors (Lipinski definition) is 3. The fourth-order valence-electron chi connectivity index (χ4n) is 2.00. The Labute approximate surface area is 119 Å². The second-order valence-corrected chi connectivity index (χ2v) is 5.29. The molecule has 1 N–H and O–H groups in total. The smallest absolute Gasteiger partial charge is 0.308 e. The first-order chi connectivity index (χ1) is 9.41. The number of carbonyl (C=O) groups is 1. The Bertz CT molecular complexity index is 438. The van der Waals surface area contributed by atoms with Gasteiger partial charge in [-0.15, -0.1) is 0 Å². The highest BCUT2D eigenvalue weighted by molar-refractivity contribution is 5.70. The van der Waals surface area contributed by atoms with Crippen LogP contribution in [0.5, 0.6) is 0 Å². The lowest BCUT2D eigenvalue weighted by Gasteiger charge is -2.27. The Kier molecular flexibility index (Phi) is 6.45. The molecule has 20 heavy (non-hydrogen) atoms. The minimum atomic E-state index is -0.862. The SMILES string of the molecule is CC(CN(CCCN(C)C)c1ccccc1F)C(=O)O. The number of nitrogens with zero attached hydrogens (tertiary/aromatic N) is 2. The van der Waals surface area contributed by atoms with Crippen molar-refractivity contribution >= 4 is 11.7 Å². The van der Waals surface area contributed by atoms with Crippen molar-refractivity contribution in [3.05, 3.63) is 30.1 Å². The van der Waals surface area contributed by atoms with Gasteiger partial charge < -0.3 is 14.9 Å². The minimum absolute atomic E-state index is 0.309. The number of aliphatic carboxylic acids is 1. The zero-order valence-corrected chi connectivity index (χ0v) is 12.3. The lowest BCUT2D eigenvalue weighted by atomic mass is 10.1. The van der Waals surface area contributed by atoms with Gasteiger partial charge in [-0.25, -0.2) is 4.39 Å². The number of benzene rings is 1. The predicted octanol–water partition coefficient (Wildman–Crippen LogP) is 2.30. The molecule has 0 aliphatic rings. The fourth-order valence-corrected chi connectivity index (χ4v) is 2.00. The van der Waals surface area contributed by atoms with Crippen molar-refractivity contribution in [1.82, 2.24) is 4.90 Å². The Hall–Kier alpha value is -1.62. The van der Waals surface area contributed by atoms with Gasteiger partial charge in [-0.3, -0.25) is 4.79 Å². The summed E-state index contributed by atoms with van der Waals surface area (Å²) in [5.74, 6) is -1.71. The molecule has 112 valence electrons. The molecule has 4 nitrogen and oxygen atoms in total. The molecule has 0 saturated carbocycles. The van der Waals surface area contributed by atoms with E-state index in [4.69, 9.17) is 5.11 Å². The molecule has 0 bridgehead atoms. The minimum Gasteiger partial charge on any atom is -0.481 e. The number of para-hydroxylation sites is 1. The number of hydrogen-bond donors (Lipinski definition) is 1. The molecule has 0 spiro atoms. The van der Waals surface area contributed by atoms with Gasteiger partial charge in [-0.2, -0.15) is 0 Å². The zero-order chi connectivity index (χ0) is 15.1. The van der Waals surface area contributed by atoms with Gasteiger partial charge in [0, 0.05) is 13.1 Å². The summed E-state index contributed by atoms with van der Waals surface area (Å²) < 4.78 is 13.9. The van der Waals surface area contributed by atoms with E-state index in [0.29, 0.717) is 18.8 Å². The summed E-state index contributed by atoms with van der Waals surface area (Å²) in [7, 11) is 3.96. The van der Waals surface area contributed by atoms with E-state index in [2.05, 4.69) is 4.90 Å². The average molecular weight is 282 g/mol. The van der Waals surface area contributed by atoms with Crippen LogP contribution in [0.25, 0.3) is 0 Å². The number of rotatable bonds is 8. The molecule has 0 radical (unpaired) electrons. The second kappa shape index (κ2) is 7.85. The first kappa shape index (κ1) is 16.4. The van der Waals surface area contributed by atoms with Crippen LogP contribution in [0.15, 0.2) is 24.3 Å². The Balaban J connectivity index is 2.78. The maximum Gasteiger partial charge on any atom is 0.308 e. The largest absolute Gasteiger partial charge is 0.481 e. The zero-order valence-electron chi connectivity index (χ0n) is 12.3. The molecular weight excluding hydrogens is 259 g/mol. The fraction of sp³-hybridized carbons (Fsp3) is 0.533. The molecule has 1 rings (SSSR count). The van der Waals surface area contributed by atoms with Crippen LogP contribution in [0.3, 0.4) is 0 Å². The lowest BCUT2D eigenvalue weighted by molar-refractivity contribution is -0.140. The van der Waals surface area contributed by atoms with Crippen molar-refractivity contribution < 1.29 is 14.3 Å². The van der Waals surface area contributed by atoms with E-state index in [1.54, 1.807) is 25.1 Å². The topological polar surface area (TPSA) is 43.8 Å². The highest BCUT2D eigenvalue weighted by Crippen LogP contribution is 2.20. The van der Waals surface area contributed by atoms with Crippen LogP contribution in [-0.4, -0.2) is 49.7 Å². The molecule has 1 aromatic rings. The summed E-state index contributed by atoms with van der Waals surface area (Å²) in [5.41, 5.74) is 0.472. The summed E-state index contributed by atoms with van der Waals surface area (Å²) in [5, 5.41) is 9.03. The lowest BCUT2D eigenvalue weighted by Crippen LogP contribution is -2.34. The van der Waals surface area contributed by atoms with Crippen LogP contribution in [0.2, 0.25) is 0 Å². The van der Waals surface area contributed by atoms with E-state index in [1.165, 1.54) is 6.07 Å². The van der Waals surface area contributed by atoms with Gasteiger partial charge in [0.1, 0.15) is 5.82 Å². The number of halogens is 1. The van der Waals surface area contributed by atoms with Crippen molar-refractivity contribution in [2.75, 3.05) is 38.6 Å². The maximum atomic E-state index is 13.9. The molecule has 1 unspecified atom stereocenters. The summed E-state index contributed by atoms with van der Waals surface area (Å²) in [4.78, 5) is 14.9. The van der Waals surface area contributed by atoms with Crippen molar-refractivity contribution in [2.45, 2.75) is 13.3 Å². The third-order valence-electron chi connectivity index (χ3n) is 3.14. The Morgan fingerprint density at radius 1 is 1.30 bits per heavy atom. The Morgan fingerprint density at radius 3 is 2.50 bits per heavy atom. The quantitative estimate of drug-likeness (QED) is 0.794. The molecule has 0 aliphatic heterocycles. The van der Waals surface area contributed by atoms with Crippen LogP contribution in [0.1, 0.15) is 13.3 Å². The average Bonchev–Trinajstić information content (AvgIpc) is 2.37. The predicted molar refractivity (Wildman–Crippen MR) is 78.6 cm³/mol. The second-order valence-electron chi connectivity index (χ2n) is 5.29. The van der Waals surface area contributed by atoms with Gasteiger partial charge in [0.05, 0.1) is 11.6 Å². The molecule has 0 heterocycles. The maximum absolute atomic E-state index is 13.9. The molecule has 0 aromatic heterocycles. The summed E-state index contributed by atoms with van der Waals surface area (Å²) >= 11 is 0. The van der Waals surface area contributed by atoms with Gasteiger partial charge in [-0.05, 0) is 39.2 Å². The molecule has 0 amide bonds. The highest BCUT2D eigenvalue weighted by atomic mass is 19.1. The first-order valence-electron chi connectivity index (χ1n) is 6.79. The molecular formula is C15H23FN2O2. The third-order valence-corrected chi connectivity index (χ3v) is 3.14. The summed E-state index contributed by atoms with van der Waals surface area (Å²) in [6.45, 7) is 3.47. The van der Waals surface area contributed by atoms with Crippen molar-refractivity contribution in [1.29, 1.82) is 0 Å². The van der Waals surface area contributed by atoms with Gasteiger partial charge in [-0.1, -0.05) is 19.1 Å². The monoisotopic (exact) mass is 282 g/mol. The number of carboxylic acids is 1. The molecule has 0 saturated heterocycles. The van der Waals surface area contributed by atoms with Crippen LogP contribution < -0.4 is 4.90 Å². The normalized spacial score (nSPS) is 12.4. The van der Waals surface area contributed by atoms with E-state index in [9.17, 15) is 9.18 Å². The van der Waals surface area contributed by atoms with E-state index < -0.39 is 11.9 Å². The van der Waals surface area contributed by atoms with Crippen LogP contribution in [0, 0.1) is 11.7 Å². The Morgan fingerprint density at radius 2 is 1.95 bits per heavy atom. The molecule has 0 fully saturated rings. The molecule has 5 heteroatoms. The third kappa shape index (κ3) is 5.17. The molecule has 0 aliphatic carbocycles. The van der Waals surface area contributed by atoms with E-state index in [-0.39, 0.29) is 5.82 Å². The van der Waals surface area contributed by atoms with Crippen LogP contribution in [0.4, 0.5) is 10.1 Å². The van der Waals surface area contributed by atoms with Gasteiger partial charge in [0.15, 0.2) is 0 Å². The van der Waals surface area contributed by atoms with E-state index >= 15 is 0 Å². The summed E-state index contributed by atoms with van der Waals surface area (Å²) in [6.07, 6.45) is 0.855. The van der Waals surface area contributed by atoms with Crippen molar-refractivity contribution in [3.8, 4) is 0 Å². The number of carboxylic acid groups (broad SMARTS) is 1. The van der Waals surface area contributed by atoms with Crippen LogP contribution in [-0.2, 0) is 4.79 Å². The van der Waals surface area contributed by atoms with E-state index in [1.807, 2.05) is 19.0 Å². The highest BCUT2D eigenvalue weighted by Gasteiger charge is 2.18. The molecule has 1 aromatic carbocycles. The van der Waals surface area contributed by atoms with Crippen molar-refractivity contribution in [3.63, 3.8) is 0 Å². The number of anilines is 1. The summed E-state index contributed by atoms with van der Waals surface area (Å²) in [6, 6.07) is 6.50. The first-order valence-corrected chi connectivity index (χ1v) is 6.79. The standard InChI is InChI=1S/C15H23FN2O2/c1-12(15(19)20)11-18(10-6-9-17(2)3)14-8-5-4-7-13(14)16/h4-5,7-8,12H,6,9-11H2,1-3H3,(H,19,20). The van der Waals surface area contributed by atoms with Gasteiger partial charge in [0.2, 0.25) is 0 Å². The molecule has 1 atom stereocenters. The van der Waals surface area contributed by atoms with E-state index in [0.717, 1.165) is 13.0 Å².